The summed E-state index contributed by atoms with van der Waals surface area (Å²) in [6.07, 6.45) is 7.54. The average Bonchev–Trinajstić information content (AvgIpc) is 2.29. The van der Waals surface area contributed by atoms with E-state index in [2.05, 4.69) is 28.9 Å². The molecule has 0 fully saturated rings. The summed E-state index contributed by atoms with van der Waals surface area (Å²) >= 11 is 2.98. The van der Waals surface area contributed by atoms with E-state index >= 15 is 0 Å². The Morgan fingerprint density at radius 1 is 1.19 bits per heavy atom. The van der Waals surface area contributed by atoms with Crippen molar-refractivity contribution in [2.24, 2.45) is 0 Å². The molecule has 1 nitrogen and oxygen atoms in total. The van der Waals surface area contributed by atoms with Crippen LogP contribution in [0.2, 0.25) is 0 Å². The molecule has 0 atom stereocenters. The Kier molecular flexibility index (Phi) is 6.39. The Labute approximate surface area is 106 Å². The van der Waals surface area contributed by atoms with Gasteiger partial charge in [-0.25, -0.2) is 0 Å². The highest BCUT2D eigenvalue weighted by molar-refractivity contribution is 9.18. The molecule has 1 aromatic carbocycles. The Morgan fingerprint density at radius 3 is 2.62 bits per heavy atom. The average molecular weight is 283 g/mol. The predicted molar refractivity (Wildman–Crippen MR) is 72.2 cm³/mol. The SMILES string of the molecule is CCCCCCCc1cccc(C(=O)Br)c1. The molecule has 0 spiro atoms. The second-order valence-corrected chi connectivity index (χ2v) is 4.86. The fraction of sp³-hybridized carbons (Fsp3) is 0.500. The van der Waals surface area contributed by atoms with Gasteiger partial charge in [-0.15, -0.1) is 0 Å². The van der Waals surface area contributed by atoms with Crippen molar-refractivity contribution in [2.45, 2.75) is 45.4 Å². The van der Waals surface area contributed by atoms with Gasteiger partial charge in [-0.3, -0.25) is 4.79 Å². The van der Waals surface area contributed by atoms with E-state index in [1.807, 2.05) is 18.2 Å². The maximum atomic E-state index is 11.1. The third-order valence-electron chi connectivity index (χ3n) is 2.72. The summed E-state index contributed by atoms with van der Waals surface area (Å²) in [5, 5.41) is 0. The fourth-order valence-corrected chi connectivity index (χ4v) is 2.03. The Balaban J connectivity index is 2.36. The van der Waals surface area contributed by atoms with E-state index in [4.69, 9.17) is 0 Å². The molecular weight excluding hydrogens is 264 g/mol. The molecule has 1 aromatic rings. The summed E-state index contributed by atoms with van der Waals surface area (Å²) in [6.45, 7) is 2.23. The minimum atomic E-state index is -0.0275. The molecule has 0 unspecified atom stereocenters. The van der Waals surface area contributed by atoms with Crippen LogP contribution >= 0.6 is 15.9 Å². The van der Waals surface area contributed by atoms with E-state index in [1.165, 1.54) is 37.7 Å². The number of benzene rings is 1. The first-order chi connectivity index (χ1) is 7.74. The van der Waals surface area contributed by atoms with Crippen molar-refractivity contribution in [1.82, 2.24) is 0 Å². The van der Waals surface area contributed by atoms with Gasteiger partial charge < -0.3 is 0 Å². The maximum Gasteiger partial charge on any atom is 0.228 e. The van der Waals surface area contributed by atoms with Crippen molar-refractivity contribution < 1.29 is 4.79 Å². The van der Waals surface area contributed by atoms with E-state index in [-0.39, 0.29) is 4.69 Å². The zero-order valence-electron chi connectivity index (χ0n) is 9.84. The molecule has 0 N–H and O–H groups in total. The van der Waals surface area contributed by atoms with Crippen LogP contribution in [0.4, 0.5) is 0 Å². The van der Waals surface area contributed by atoms with Gasteiger partial charge in [0.1, 0.15) is 0 Å². The molecule has 0 radical (unpaired) electrons. The van der Waals surface area contributed by atoms with E-state index in [1.54, 1.807) is 0 Å². The van der Waals surface area contributed by atoms with E-state index in [0.717, 1.165) is 12.0 Å². The van der Waals surface area contributed by atoms with E-state index < -0.39 is 0 Å². The third kappa shape index (κ3) is 4.93. The van der Waals surface area contributed by atoms with Crippen molar-refractivity contribution in [3.05, 3.63) is 35.4 Å². The van der Waals surface area contributed by atoms with Gasteiger partial charge in [0.05, 0.1) is 0 Å². The molecule has 1 rings (SSSR count). The lowest BCUT2D eigenvalue weighted by Gasteiger charge is -2.03. The Morgan fingerprint density at radius 2 is 1.94 bits per heavy atom. The molecule has 0 saturated carbocycles. The Hall–Kier alpha value is -0.630. The standard InChI is InChI=1S/C14H19BrO/c1-2-3-4-5-6-8-12-9-7-10-13(11-12)14(15)16/h7,9-11H,2-6,8H2,1H3. The molecule has 88 valence electrons. The molecule has 0 bridgehead atoms. The highest BCUT2D eigenvalue weighted by atomic mass is 79.9. The Bertz CT molecular complexity index is 333. The number of hydrogen-bond acceptors (Lipinski definition) is 1. The zero-order valence-corrected chi connectivity index (χ0v) is 11.4. The molecule has 0 aliphatic carbocycles. The second-order valence-electron chi connectivity index (χ2n) is 4.14. The highest BCUT2D eigenvalue weighted by Crippen LogP contribution is 2.12. The van der Waals surface area contributed by atoms with Gasteiger partial charge in [-0.05, 0) is 40.4 Å². The zero-order chi connectivity index (χ0) is 11.8. The molecule has 2 heteroatoms. The lowest BCUT2D eigenvalue weighted by atomic mass is 10.0. The third-order valence-corrected chi connectivity index (χ3v) is 3.18. The van der Waals surface area contributed by atoms with Gasteiger partial charge in [0.25, 0.3) is 0 Å². The fourth-order valence-electron chi connectivity index (χ4n) is 1.78. The first-order valence-electron chi connectivity index (χ1n) is 6.03. The maximum absolute atomic E-state index is 11.1. The van der Waals surface area contributed by atoms with Gasteiger partial charge in [-0.1, -0.05) is 50.8 Å². The predicted octanol–water partition coefficient (Wildman–Crippen LogP) is 4.73. The van der Waals surface area contributed by atoms with Crippen molar-refractivity contribution in [2.75, 3.05) is 0 Å². The highest BCUT2D eigenvalue weighted by Gasteiger charge is 2.01. The van der Waals surface area contributed by atoms with E-state index in [0.29, 0.717) is 0 Å². The number of unbranched alkanes of at least 4 members (excludes halogenated alkanes) is 4. The first kappa shape index (κ1) is 13.4. The monoisotopic (exact) mass is 282 g/mol. The normalized spacial score (nSPS) is 10.4. The molecule has 0 aliphatic rings. The van der Waals surface area contributed by atoms with Gasteiger partial charge in [0, 0.05) is 5.56 Å². The number of hydrogen-bond donors (Lipinski definition) is 0. The number of rotatable bonds is 7. The van der Waals surface area contributed by atoms with Crippen molar-refractivity contribution in [1.29, 1.82) is 0 Å². The number of halogens is 1. The summed E-state index contributed by atoms with van der Waals surface area (Å²) in [7, 11) is 0. The van der Waals surface area contributed by atoms with Crippen LogP contribution in [0.5, 0.6) is 0 Å². The lowest BCUT2D eigenvalue weighted by molar-refractivity contribution is 0.109. The lowest BCUT2D eigenvalue weighted by Crippen LogP contribution is -1.91. The van der Waals surface area contributed by atoms with Crippen LogP contribution < -0.4 is 0 Å². The molecule has 0 aromatic heterocycles. The van der Waals surface area contributed by atoms with Crippen LogP contribution in [0.3, 0.4) is 0 Å². The summed E-state index contributed by atoms with van der Waals surface area (Å²) < 4.78 is -0.0275. The molecule has 0 saturated heterocycles. The number of carbonyl (C=O) groups excluding carboxylic acids is 1. The van der Waals surface area contributed by atoms with Crippen LogP contribution in [-0.2, 0) is 6.42 Å². The number of aryl methyl sites for hydroxylation is 1. The van der Waals surface area contributed by atoms with Crippen molar-refractivity contribution in [3.63, 3.8) is 0 Å². The number of carbonyl (C=O) groups is 1. The van der Waals surface area contributed by atoms with E-state index in [9.17, 15) is 4.79 Å². The minimum Gasteiger partial charge on any atom is -0.281 e. The van der Waals surface area contributed by atoms with Gasteiger partial charge in [-0.2, -0.15) is 0 Å². The van der Waals surface area contributed by atoms with Crippen molar-refractivity contribution >= 4 is 20.6 Å². The van der Waals surface area contributed by atoms with Crippen LogP contribution in [0.25, 0.3) is 0 Å². The summed E-state index contributed by atoms with van der Waals surface area (Å²) in [4.78, 5) is 11.1. The van der Waals surface area contributed by atoms with Gasteiger partial charge >= 0.3 is 0 Å². The van der Waals surface area contributed by atoms with Gasteiger partial charge in [0.15, 0.2) is 0 Å². The summed E-state index contributed by atoms with van der Waals surface area (Å²) in [6, 6.07) is 7.88. The van der Waals surface area contributed by atoms with Crippen molar-refractivity contribution in [3.8, 4) is 0 Å². The second kappa shape index (κ2) is 7.61. The smallest absolute Gasteiger partial charge is 0.228 e. The first-order valence-corrected chi connectivity index (χ1v) is 6.82. The summed E-state index contributed by atoms with van der Waals surface area (Å²) in [5.41, 5.74) is 2.02. The van der Waals surface area contributed by atoms with Crippen LogP contribution in [0.15, 0.2) is 24.3 Å². The summed E-state index contributed by atoms with van der Waals surface area (Å²) in [5.74, 6) is 0. The minimum absolute atomic E-state index is 0.0275. The molecule has 16 heavy (non-hydrogen) atoms. The quantitative estimate of drug-likeness (QED) is 0.522. The van der Waals surface area contributed by atoms with Crippen LogP contribution in [0, 0.1) is 0 Å². The molecule has 0 aliphatic heterocycles. The molecular formula is C14H19BrO. The molecule has 0 amide bonds. The molecule has 0 heterocycles. The van der Waals surface area contributed by atoms with Gasteiger partial charge in [0.2, 0.25) is 4.69 Å². The van der Waals surface area contributed by atoms with Crippen LogP contribution in [0.1, 0.15) is 54.9 Å². The largest absolute Gasteiger partial charge is 0.281 e. The van der Waals surface area contributed by atoms with Crippen LogP contribution in [-0.4, -0.2) is 4.69 Å². The topological polar surface area (TPSA) is 17.1 Å².